The van der Waals surface area contributed by atoms with E-state index in [0.717, 1.165) is 0 Å². The van der Waals surface area contributed by atoms with Gasteiger partial charge in [0.1, 0.15) is 0 Å². The Morgan fingerprint density at radius 2 is 1.78 bits per heavy atom. The Morgan fingerprint density at radius 3 is 1.78 bits per heavy atom. The summed E-state index contributed by atoms with van der Waals surface area (Å²) >= 11 is 0. The van der Waals surface area contributed by atoms with Crippen LogP contribution in [0.1, 0.15) is 13.8 Å². The van der Waals surface area contributed by atoms with Gasteiger partial charge in [-0.15, -0.1) is 0 Å². The van der Waals surface area contributed by atoms with Gasteiger partial charge in [-0.3, -0.25) is 0 Å². The van der Waals surface area contributed by atoms with Crippen LogP contribution in [0.2, 0.25) is 0 Å². The van der Waals surface area contributed by atoms with Gasteiger partial charge in [0, 0.05) is 18.7 Å². The molecule has 0 radical (unpaired) electrons. The standard InChI is InChI=1S/C4H5F2N.C2H6/c5-4(6)3-1-7-2-3;1-2/h7H,1-2H2;1-2H3. The Balaban J connectivity index is 0.000000291. The lowest BCUT2D eigenvalue weighted by Crippen LogP contribution is -2.34. The molecule has 0 aromatic rings. The fraction of sp³-hybridized carbons (Fsp3) is 0.667. The van der Waals surface area contributed by atoms with Crippen LogP contribution in [0.4, 0.5) is 8.78 Å². The molecule has 1 aliphatic rings. The largest absolute Gasteiger partial charge is 0.309 e. The van der Waals surface area contributed by atoms with Crippen molar-refractivity contribution in [3.05, 3.63) is 11.7 Å². The van der Waals surface area contributed by atoms with Gasteiger partial charge in [0.2, 0.25) is 0 Å². The molecular weight excluding hydrogens is 124 g/mol. The third kappa shape index (κ3) is 2.56. The van der Waals surface area contributed by atoms with Gasteiger partial charge in [0.25, 0.3) is 6.08 Å². The molecule has 1 rings (SSSR count). The average molecular weight is 135 g/mol. The number of rotatable bonds is 0. The van der Waals surface area contributed by atoms with E-state index in [2.05, 4.69) is 5.32 Å². The van der Waals surface area contributed by atoms with Crippen LogP contribution in [-0.4, -0.2) is 13.1 Å². The van der Waals surface area contributed by atoms with Gasteiger partial charge in [-0.25, -0.2) is 0 Å². The van der Waals surface area contributed by atoms with Crippen molar-refractivity contribution < 1.29 is 8.78 Å². The minimum absolute atomic E-state index is 0.250. The van der Waals surface area contributed by atoms with Crippen molar-refractivity contribution in [1.82, 2.24) is 5.32 Å². The van der Waals surface area contributed by atoms with Gasteiger partial charge in [-0.05, 0) is 0 Å². The molecule has 0 atom stereocenters. The molecule has 3 heteroatoms. The molecule has 9 heavy (non-hydrogen) atoms. The number of hydrogen-bond donors (Lipinski definition) is 1. The van der Waals surface area contributed by atoms with Gasteiger partial charge in [-0.2, -0.15) is 8.78 Å². The molecule has 0 amide bonds. The van der Waals surface area contributed by atoms with Crippen LogP contribution in [0.5, 0.6) is 0 Å². The summed E-state index contributed by atoms with van der Waals surface area (Å²) in [6.45, 7) is 4.75. The van der Waals surface area contributed by atoms with Gasteiger partial charge in [0.05, 0.1) is 0 Å². The Labute approximate surface area is 53.8 Å². The molecule has 1 saturated heterocycles. The number of nitrogens with one attached hydrogen (secondary N) is 1. The summed E-state index contributed by atoms with van der Waals surface area (Å²) in [6.07, 6.45) is -1.52. The van der Waals surface area contributed by atoms with E-state index in [0.29, 0.717) is 13.1 Å². The lowest BCUT2D eigenvalue weighted by atomic mass is 10.2. The highest BCUT2D eigenvalue weighted by molar-refractivity contribution is 5.13. The zero-order chi connectivity index (χ0) is 7.28. The van der Waals surface area contributed by atoms with Gasteiger partial charge in [0.15, 0.2) is 0 Å². The summed E-state index contributed by atoms with van der Waals surface area (Å²) in [5, 5.41) is 2.70. The molecule has 1 nitrogen and oxygen atoms in total. The highest BCUT2D eigenvalue weighted by Crippen LogP contribution is 2.10. The minimum Gasteiger partial charge on any atom is -0.309 e. The predicted molar refractivity (Wildman–Crippen MR) is 33.5 cm³/mol. The van der Waals surface area contributed by atoms with Gasteiger partial charge >= 0.3 is 0 Å². The molecule has 1 heterocycles. The molecule has 54 valence electrons. The summed E-state index contributed by atoms with van der Waals surface area (Å²) in [5.41, 5.74) is 0.250. The zero-order valence-electron chi connectivity index (χ0n) is 5.67. The van der Waals surface area contributed by atoms with Gasteiger partial charge in [-0.1, -0.05) is 13.8 Å². The van der Waals surface area contributed by atoms with Crippen molar-refractivity contribution in [2.45, 2.75) is 13.8 Å². The normalized spacial score (nSPS) is 15.3. The SMILES string of the molecule is CC.FC(F)=C1CNC1. The van der Waals surface area contributed by atoms with Crippen molar-refractivity contribution in [2.24, 2.45) is 0 Å². The molecule has 0 unspecified atom stereocenters. The third-order valence-electron chi connectivity index (χ3n) is 0.944. The molecule has 0 aromatic carbocycles. The van der Waals surface area contributed by atoms with E-state index in [-0.39, 0.29) is 5.57 Å². The molecule has 1 aliphatic heterocycles. The maximum atomic E-state index is 11.3. The van der Waals surface area contributed by atoms with E-state index >= 15 is 0 Å². The molecule has 0 spiro atoms. The maximum Gasteiger partial charge on any atom is 0.272 e. The van der Waals surface area contributed by atoms with Crippen LogP contribution in [-0.2, 0) is 0 Å². The van der Waals surface area contributed by atoms with E-state index < -0.39 is 6.08 Å². The van der Waals surface area contributed by atoms with Crippen molar-refractivity contribution in [3.8, 4) is 0 Å². The Hall–Kier alpha value is -0.440. The fourth-order valence-corrected chi connectivity index (χ4v) is 0.384. The highest BCUT2D eigenvalue weighted by Gasteiger charge is 2.12. The first kappa shape index (κ1) is 8.56. The van der Waals surface area contributed by atoms with Crippen LogP contribution in [0.3, 0.4) is 0 Å². The first-order valence-corrected chi connectivity index (χ1v) is 3.04. The van der Waals surface area contributed by atoms with Crippen molar-refractivity contribution in [2.75, 3.05) is 13.1 Å². The molecule has 1 N–H and O–H groups in total. The first-order valence-electron chi connectivity index (χ1n) is 3.04. The van der Waals surface area contributed by atoms with Crippen LogP contribution >= 0.6 is 0 Å². The maximum absolute atomic E-state index is 11.3. The second kappa shape index (κ2) is 4.44. The number of hydrogen-bond acceptors (Lipinski definition) is 1. The predicted octanol–water partition coefficient (Wildman–Crippen LogP) is 1.77. The monoisotopic (exact) mass is 135 g/mol. The quantitative estimate of drug-likeness (QED) is 0.533. The topological polar surface area (TPSA) is 12.0 Å². The third-order valence-corrected chi connectivity index (χ3v) is 0.944. The summed E-state index contributed by atoms with van der Waals surface area (Å²) in [4.78, 5) is 0. The molecular formula is C6H11F2N. The Kier molecular flexibility index (Phi) is 4.22. The Bertz CT molecular complexity index is 99.6. The number of halogens is 2. The van der Waals surface area contributed by atoms with E-state index in [1.54, 1.807) is 0 Å². The molecule has 0 saturated carbocycles. The second-order valence-electron chi connectivity index (χ2n) is 1.47. The first-order chi connectivity index (χ1) is 4.30. The summed E-state index contributed by atoms with van der Waals surface area (Å²) < 4.78 is 22.6. The molecule has 0 aromatic heterocycles. The van der Waals surface area contributed by atoms with Crippen LogP contribution < -0.4 is 5.32 Å². The summed E-state index contributed by atoms with van der Waals surface area (Å²) in [5.74, 6) is 0. The molecule has 0 bridgehead atoms. The highest BCUT2D eigenvalue weighted by atomic mass is 19.3. The lowest BCUT2D eigenvalue weighted by Gasteiger charge is -2.15. The summed E-state index contributed by atoms with van der Waals surface area (Å²) in [6, 6.07) is 0. The van der Waals surface area contributed by atoms with Crippen molar-refractivity contribution in [1.29, 1.82) is 0 Å². The van der Waals surface area contributed by atoms with Crippen molar-refractivity contribution in [3.63, 3.8) is 0 Å². The average Bonchev–Trinajstić information content (AvgIpc) is 1.65. The van der Waals surface area contributed by atoms with Crippen LogP contribution in [0, 0.1) is 0 Å². The van der Waals surface area contributed by atoms with E-state index in [4.69, 9.17) is 0 Å². The van der Waals surface area contributed by atoms with E-state index in [1.165, 1.54) is 0 Å². The fourth-order valence-electron chi connectivity index (χ4n) is 0.384. The van der Waals surface area contributed by atoms with Crippen LogP contribution in [0.15, 0.2) is 11.7 Å². The van der Waals surface area contributed by atoms with Crippen molar-refractivity contribution >= 4 is 0 Å². The molecule has 1 fully saturated rings. The zero-order valence-corrected chi connectivity index (χ0v) is 5.67. The second-order valence-corrected chi connectivity index (χ2v) is 1.47. The smallest absolute Gasteiger partial charge is 0.272 e. The minimum atomic E-state index is -1.52. The van der Waals surface area contributed by atoms with Crippen LogP contribution in [0.25, 0.3) is 0 Å². The van der Waals surface area contributed by atoms with Gasteiger partial charge < -0.3 is 5.32 Å². The van der Waals surface area contributed by atoms with E-state index in [1.807, 2.05) is 13.8 Å². The summed E-state index contributed by atoms with van der Waals surface area (Å²) in [7, 11) is 0. The van der Waals surface area contributed by atoms with E-state index in [9.17, 15) is 8.78 Å². The molecule has 0 aliphatic carbocycles. The Morgan fingerprint density at radius 1 is 1.33 bits per heavy atom. The lowest BCUT2D eigenvalue weighted by molar-refractivity contribution is 0.392.